The monoisotopic (exact) mass is 376 g/mol. The van der Waals surface area contributed by atoms with E-state index in [9.17, 15) is 0 Å². The summed E-state index contributed by atoms with van der Waals surface area (Å²) < 4.78 is 0. The number of rotatable bonds is 6. The van der Waals surface area contributed by atoms with Crippen LogP contribution in [0.4, 0.5) is 0 Å². The number of aryl methyl sites for hydroxylation is 1. The molecule has 0 amide bonds. The third kappa shape index (κ3) is 5.54. The first kappa shape index (κ1) is 19.8. The van der Waals surface area contributed by atoms with Crippen LogP contribution >= 0.6 is 0 Å². The van der Waals surface area contributed by atoms with E-state index in [0.717, 1.165) is 48.7 Å². The zero-order valence-electron chi connectivity index (χ0n) is 16.9. The zero-order chi connectivity index (χ0) is 20.0. The standard InChI is InChI=1S/C22H28N6/c1-17-12-18(6-4-11-28-15-22(2,3)16-28)13-27-21(17)19(23)14-24-10-7-20-25-8-5-9-26-20/h5,8-9,12-14,24H,7,10-11,15-16,23H2,1-3H3/b19-14-. The average Bonchev–Trinajstić information content (AvgIpc) is 2.64. The summed E-state index contributed by atoms with van der Waals surface area (Å²) in [7, 11) is 0. The zero-order valence-corrected chi connectivity index (χ0v) is 16.9. The highest BCUT2D eigenvalue weighted by Gasteiger charge is 2.32. The summed E-state index contributed by atoms with van der Waals surface area (Å²) in [4.78, 5) is 15.2. The second kappa shape index (κ2) is 8.85. The smallest absolute Gasteiger partial charge is 0.129 e. The quantitative estimate of drug-likeness (QED) is 0.593. The maximum absolute atomic E-state index is 6.18. The molecule has 0 aromatic carbocycles. The van der Waals surface area contributed by atoms with Gasteiger partial charge in [0.2, 0.25) is 0 Å². The molecule has 28 heavy (non-hydrogen) atoms. The summed E-state index contributed by atoms with van der Waals surface area (Å²) in [5, 5.41) is 3.20. The van der Waals surface area contributed by atoms with E-state index < -0.39 is 0 Å². The number of nitrogens with two attached hydrogens (primary N) is 1. The molecule has 2 aromatic heterocycles. The van der Waals surface area contributed by atoms with E-state index in [4.69, 9.17) is 5.73 Å². The Hall–Kier alpha value is -2.91. The summed E-state index contributed by atoms with van der Waals surface area (Å²) in [5.41, 5.74) is 9.93. The third-order valence-corrected chi connectivity index (χ3v) is 4.56. The van der Waals surface area contributed by atoms with Crippen LogP contribution in [0, 0.1) is 24.2 Å². The minimum atomic E-state index is 0.438. The molecule has 1 fully saturated rings. The van der Waals surface area contributed by atoms with Crippen molar-refractivity contribution in [3.8, 4) is 11.8 Å². The maximum Gasteiger partial charge on any atom is 0.129 e. The van der Waals surface area contributed by atoms with Crippen molar-refractivity contribution in [2.24, 2.45) is 11.1 Å². The van der Waals surface area contributed by atoms with Crippen LogP contribution in [-0.2, 0) is 6.42 Å². The molecule has 0 spiro atoms. The van der Waals surface area contributed by atoms with Crippen LogP contribution in [-0.4, -0.2) is 46.0 Å². The molecule has 3 rings (SSSR count). The van der Waals surface area contributed by atoms with Crippen molar-refractivity contribution in [2.45, 2.75) is 27.2 Å². The minimum Gasteiger partial charge on any atom is -0.396 e. The lowest BCUT2D eigenvalue weighted by atomic mass is 9.84. The first-order chi connectivity index (χ1) is 13.4. The van der Waals surface area contributed by atoms with Crippen LogP contribution in [0.2, 0.25) is 0 Å². The van der Waals surface area contributed by atoms with E-state index in [-0.39, 0.29) is 0 Å². The Morgan fingerprint density at radius 2 is 2.04 bits per heavy atom. The molecule has 0 bridgehead atoms. The Morgan fingerprint density at radius 1 is 1.29 bits per heavy atom. The fourth-order valence-electron chi connectivity index (χ4n) is 3.37. The molecule has 3 heterocycles. The Labute approximate surface area is 167 Å². The van der Waals surface area contributed by atoms with Gasteiger partial charge < -0.3 is 11.1 Å². The number of hydrogen-bond donors (Lipinski definition) is 2. The molecule has 0 unspecified atom stereocenters. The average molecular weight is 377 g/mol. The third-order valence-electron chi connectivity index (χ3n) is 4.56. The molecule has 1 aliphatic heterocycles. The lowest BCUT2D eigenvalue weighted by Gasteiger charge is -2.44. The first-order valence-corrected chi connectivity index (χ1v) is 9.56. The van der Waals surface area contributed by atoms with E-state index in [1.807, 2.05) is 19.1 Å². The second-order valence-corrected chi connectivity index (χ2v) is 7.97. The Balaban J connectivity index is 1.51. The highest BCUT2D eigenvalue weighted by atomic mass is 15.2. The summed E-state index contributed by atoms with van der Waals surface area (Å²) >= 11 is 0. The van der Waals surface area contributed by atoms with Crippen molar-refractivity contribution in [3.05, 3.63) is 59.6 Å². The van der Waals surface area contributed by atoms with Crippen molar-refractivity contribution in [1.82, 2.24) is 25.2 Å². The van der Waals surface area contributed by atoms with Gasteiger partial charge >= 0.3 is 0 Å². The van der Waals surface area contributed by atoms with Crippen molar-refractivity contribution < 1.29 is 0 Å². The van der Waals surface area contributed by atoms with Crippen molar-refractivity contribution in [1.29, 1.82) is 0 Å². The lowest BCUT2D eigenvalue weighted by Crippen LogP contribution is -2.52. The van der Waals surface area contributed by atoms with Gasteiger partial charge in [0.1, 0.15) is 5.82 Å². The minimum absolute atomic E-state index is 0.438. The highest BCUT2D eigenvalue weighted by Crippen LogP contribution is 2.27. The molecule has 3 N–H and O–H groups in total. The predicted molar refractivity (Wildman–Crippen MR) is 112 cm³/mol. The number of likely N-dealkylation sites (tertiary alicyclic amines) is 1. The van der Waals surface area contributed by atoms with Gasteiger partial charge in [0.25, 0.3) is 0 Å². The first-order valence-electron chi connectivity index (χ1n) is 9.56. The van der Waals surface area contributed by atoms with E-state index in [1.54, 1.807) is 24.8 Å². The topological polar surface area (TPSA) is 80.0 Å². The molecule has 0 saturated carbocycles. The molecule has 2 aromatic rings. The van der Waals surface area contributed by atoms with Gasteiger partial charge in [0, 0.05) is 56.4 Å². The number of nitrogens with zero attached hydrogens (tertiary/aromatic N) is 4. The van der Waals surface area contributed by atoms with E-state index in [1.165, 1.54) is 0 Å². The van der Waals surface area contributed by atoms with E-state index in [2.05, 4.69) is 50.9 Å². The summed E-state index contributed by atoms with van der Waals surface area (Å²) in [5.74, 6) is 7.25. The van der Waals surface area contributed by atoms with Crippen LogP contribution in [0.3, 0.4) is 0 Å². The molecule has 146 valence electrons. The largest absolute Gasteiger partial charge is 0.396 e. The Kier molecular flexibility index (Phi) is 6.27. The molecule has 0 aliphatic carbocycles. The molecule has 1 saturated heterocycles. The van der Waals surface area contributed by atoms with Gasteiger partial charge in [-0.1, -0.05) is 25.7 Å². The molecule has 0 radical (unpaired) electrons. The second-order valence-electron chi connectivity index (χ2n) is 7.97. The van der Waals surface area contributed by atoms with E-state index in [0.29, 0.717) is 17.7 Å². The number of hydrogen-bond acceptors (Lipinski definition) is 6. The van der Waals surface area contributed by atoms with Gasteiger partial charge in [0.15, 0.2) is 0 Å². The van der Waals surface area contributed by atoms with Crippen LogP contribution < -0.4 is 11.1 Å². The van der Waals surface area contributed by atoms with Crippen LogP contribution in [0.15, 0.2) is 36.9 Å². The summed E-state index contributed by atoms with van der Waals surface area (Å²) in [6.07, 6.45) is 7.80. The van der Waals surface area contributed by atoms with Crippen LogP contribution in [0.5, 0.6) is 0 Å². The number of aromatic nitrogens is 3. The van der Waals surface area contributed by atoms with Gasteiger partial charge in [-0.15, -0.1) is 0 Å². The maximum atomic E-state index is 6.18. The number of pyridine rings is 1. The molecular weight excluding hydrogens is 348 g/mol. The number of nitrogens with one attached hydrogen (secondary N) is 1. The summed E-state index contributed by atoms with van der Waals surface area (Å²) in [6, 6.07) is 3.84. The SMILES string of the molecule is Cc1cc(C#CCN2CC(C)(C)C2)cnc1/C(N)=C/NCCc1ncccn1. The fraction of sp³-hybridized carbons (Fsp3) is 0.409. The lowest BCUT2D eigenvalue weighted by molar-refractivity contribution is 0.0443. The molecule has 0 atom stereocenters. The van der Waals surface area contributed by atoms with E-state index >= 15 is 0 Å². The highest BCUT2D eigenvalue weighted by molar-refractivity contribution is 5.62. The van der Waals surface area contributed by atoms with Gasteiger partial charge in [-0.2, -0.15) is 0 Å². The van der Waals surface area contributed by atoms with Gasteiger partial charge in [-0.25, -0.2) is 9.97 Å². The molecular formula is C22H28N6. The van der Waals surface area contributed by atoms with Crippen LogP contribution in [0.25, 0.3) is 5.70 Å². The van der Waals surface area contributed by atoms with Gasteiger partial charge in [-0.3, -0.25) is 9.88 Å². The van der Waals surface area contributed by atoms with Gasteiger partial charge in [0.05, 0.1) is 17.9 Å². The Bertz CT molecular complexity index is 884. The molecule has 1 aliphatic rings. The molecule has 6 nitrogen and oxygen atoms in total. The Morgan fingerprint density at radius 3 is 2.71 bits per heavy atom. The van der Waals surface area contributed by atoms with Crippen molar-refractivity contribution >= 4 is 5.70 Å². The van der Waals surface area contributed by atoms with Gasteiger partial charge in [-0.05, 0) is 30.0 Å². The van der Waals surface area contributed by atoms with Crippen LogP contribution in [0.1, 0.15) is 36.5 Å². The fourth-order valence-corrected chi connectivity index (χ4v) is 3.37. The predicted octanol–water partition coefficient (Wildman–Crippen LogP) is 1.96. The summed E-state index contributed by atoms with van der Waals surface area (Å²) in [6.45, 7) is 10.3. The van der Waals surface area contributed by atoms with Crippen molar-refractivity contribution in [2.75, 3.05) is 26.2 Å². The van der Waals surface area contributed by atoms with Crippen molar-refractivity contribution in [3.63, 3.8) is 0 Å². The normalized spacial score (nSPS) is 16.0. The molecule has 6 heteroatoms.